The lowest BCUT2D eigenvalue weighted by Gasteiger charge is -2.08. The van der Waals surface area contributed by atoms with Gasteiger partial charge in [-0.2, -0.15) is 0 Å². The average Bonchev–Trinajstić information content (AvgIpc) is 3.07. The molecule has 0 spiro atoms. The number of rotatable bonds is 2. The molecule has 94 valence electrons. The quantitative estimate of drug-likeness (QED) is 0.780. The monoisotopic (exact) mass is 243 g/mol. The summed E-state index contributed by atoms with van der Waals surface area (Å²) in [5.41, 5.74) is 2.63. The molecule has 0 aromatic heterocycles. The van der Waals surface area contributed by atoms with E-state index in [2.05, 4.69) is 24.1 Å². The number of nitrogens with one attached hydrogen (secondary N) is 1. The van der Waals surface area contributed by atoms with E-state index in [-0.39, 0.29) is 18.4 Å². The number of hydrogen-bond donors (Lipinski definition) is 2. The fourth-order valence-electron chi connectivity index (χ4n) is 1.89. The van der Waals surface area contributed by atoms with Crippen LogP contribution in [-0.2, 0) is 4.79 Å². The Balaban J connectivity index is 2.13. The molecular formula is C15H17NO2. The van der Waals surface area contributed by atoms with Crippen LogP contribution in [-0.4, -0.2) is 17.6 Å². The van der Waals surface area contributed by atoms with Gasteiger partial charge in [-0.25, -0.2) is 0 Å². The van der Waals surface area contributed by atoms with Crippen molar-refractivity contribution in [3.8, 4) is 11.8 Å². The highest BCUT2D eigenvalue weighted by Crippen LogP contribution is 2.38. The van der Waals surface area contributed by atoms with Gasteiger partial charge in [-0.3, -0.25) is 4.79 Å². The first-order valence-corrected chi connectivity index (χ1v) is 6.13. The van der Waals surface area contributed by atoms with Crippen molar-refractivity contribution < 1.29 is 9.90 Å². The first-order chi connectivity index (χ1) is 8.61. The normalized spacial score (nSPS) is 20.8. The van der Waals surface area contributed by atoms with Crippen molar-refractivity contribution in [2.45, 2.75) is 20.3 Å². The summed E-state index contributed by atoms with van der Waals surface area (Å²) in [6.07, 6.45) is 0.981. The highest BCUT2D eigenvalue weighted by Gasteiger charge is 2.39. The Morgan fingerprint density at radius 1 is 1.56 bits per heavy atom. The van der Waals surface area contributed by atoms with Crippen LogP contribution >= 0.6 is 0 Å². The zero-order valence-corrected chi connectivity index (χ0v) is 10.7. The number of benzene rings is 1. The van der Waals surface area contributed by atoms with Gasteiger partial charge in [0.2, 0.25) is 5.91 Å². The Labute approximate surface area is 107 Å². The third-order valence-electron chi connectivity index (χ3n) is 3.25. The molecule has 0 saturated heterocycles. The van der Waals surface area contributed by atoms with Gasteiger partial charge in [-0.1, -0.05) is 24.8 Å². The van der Waals surface area contributed by atoms with Crippen molar-refractivity contribution in [3.63, 3.8) is 0 Å². The lowest BCUT2D eigenvalue weighted by Crippen LogP contribution is -2.15. The maximum atomic E-state index is 11.9. The lowest BCUT2D eigenvalue weighted by molar-refractivity contribution is -0.117. The fraction of sp³-hybridized carbons (Fsp3) is 0.400. The van der Waals surface area contributed by atoms with E-state index in [9.17, 15) is 4.79 Å². The third-order valence-corrected chi connectivity index (χ3v) is 3.25. The number of aryl methyl sites for hydroxylation is 1. The molecule has 0 radical (unpaired) electrons. The summed E-state index contributed by atoms with van der Waals surface area (Å²) < 4.78 is 0. The maximum absolute atomic E-state index is 11.9. The van der Waals surface area contributed by atoms with Crippen molar-refractivity contribution in [1.29, 1.82) is 0 Å². The highest BCUT2D eigenvalue weighted by atomic mass is 16.2. The van der Waals surface area contributed by atoms with Gasteiger partial charge in [0.25, 0.3) is 0 Å². The molecule has 2 N–H and O–H groups in total. The highest BCUT2D eigenvalue weighted by molar-refractivity contribution is 5.95. The molecule has 1 aromatic carbocycles. The number of carbonyl (C=O) groups excluding carboxylic acids is 1. The SMILES string of the molecule is Cc1ccc(C#CCO)cc1NC(=O)C1CC1C. The Morgan fingerprint density at radius 2 is 2.28 bits per heavy atom. The molecule has 1 amide bonds. The molecule has 1 aliphatic rings. The fourth-order valence-corrected chi connectivity index (χ4v) is 1.89. The third kappa shape index (κ3) is 2.91. The van der Waals surface area contributed by atoms with Gasteiger partial charge in [0.15, 0.2) is 0 Å². The predicted octanol–water partition coefficient (Wildman–Crippen LogP) is 1.93. The first kappa shape index (κ1) is 12.7. The van der Waals surface area contributed by atoms with Gasteiger partial charge in [0.1, 0.15) is 6.61 Å². The van der Waals surface area contributed by atoms with Gasteiger partial charge >= 0.3 is 0 Å². The van der Waals surface area contributed by atoms with Gasteiger partial charge in [-0.05, 0) is 37.0 Å². The van der Waals surface area contributed by atoms with E-state index in [0.717, 1.165) is 23.2 Å². The summed E-state index contributed by atoms with van der Waals surface area (Å²) in [7, 11) is 0. The number of carbonyl (C=O) groups is 1. The van der Waals surface area contributed by atoms with E-state index in [1.165, 1.54) is 0 Å². The van der Waals surface area contributed by atoms with Crippen molar-refractivity contribution in [3.05, 3.63) is 29.3 Å². The van der Waals surface area contributed by atoms with Crippen molar-refractivity contribution in [2.75, 3.05) is 11.9 Å². The maximum Gasteiger partial charge on any atom is 0.227 e. The van der Waals surface area contributed by atoms with Crippen LogP contribution in [0.5, 0.6) is 0 Å². The summed E-state index contributed by atoms with van der Waals surface area (Å²) >= 11 is 0. The number of aliphatic hydroxyl groups is 1. The molecule has 1 fully saturated rings. The summed E-state index contributed by atoms with van der Waals surface area (Å²) in [6, 6.07) is 5.66. The van der Waals surface area contributed by atoms with Crippen molar-refractivity contribution in [1.82, 2.24) is 0 Å². The van der Waals surface area contributed by atoms with Gasteiger partial charge in [0, 0.05) is 17.2 Å². The zero-order chi connectivity index (χ0) is 13.1. The molecule has 2 atom stereocenters. The molecule has 3 heteroatoms. The minimum Gasteiger partial charge on any atom is -0.384 e. The molecule has 1 aromatic rings. The Kier molecular flexibility index (Phi) is 3.69. The van der Waals surface area contributed by atoms with E-state index in [1.54, 1.807) is 0 Å². The van der Waals surface area contributed by atoms with E-state index in [4.69, 9.17) is 5.11 Å². The number of amides is 1. The minimum absolute atomic E-state index is 0.0952. The topological polar surface area (TPSA) is 49.3 Å². The number of aliphatic hydroxyl groups excluding tert-OH is 1. The second-order valence-corrected chi connectivity index (χ2v) is 4.80. The molecule has 2 rings (SSSR count). The summed E-state index contributed by atoms with van der Waals surface area (Å²) in [5.74, 6) is 6.20. The smallest absolute Gasteiger partial charge is 0.227 e. The largest absolute Gasteiger partial charge is 0.384 e. The summed E-state index contributed by atoms with van der Waals surface area (Å²) in [5, 5.41) is 11.6. The standard InChI is InChI=1S/C15H17NO2/c1-10-5-6-12(4-3-7-17)9-14(10)16-15(18)13-8-11(13)2/h5-6,9,11,13,17H,7-8H2,1-2H3,(H,16,18). The average molecular weight is 243 g/mol. The van der Waals surface area contributed by atoms with Crippen LogP contribution in [0.2, 0.25) is 0 Å². The molecule has 18 heavy (non-hydrogen) atoms. The zero-order valence-electron chi connectivity index (χ0n) is 10.7. The second kappa shape index (κ2) is 5.24. The Bertz CT molecular complexity index is 525. The van der Waals surface area contributed by atoms with Gasteiger partial charge in [-0.15, -0.1) is 0 Å². The minimum atomic E-state index is -0.158. The first-order valence-electron chi connectivity index (χ1n) is 6.13. The van der Waals surface area contributed by atoms with Crippen LogP contribution in [0.1, 0.15) is 24.5 Å². The van der Waals surface area contributed by atoms with Crippen LogP contribution < -0.4 is 5.32 Å². The van der Waals surface area contributed by atoms with Crippen molar-refractivity contribution >= 4 is 11.6 Å². The molecule has 0 bridgehead atoms. The van der Waals surface area contributed by atoms with Gasteiger partial charge < -0.3 is 10.4 Å². The number of anilines is 1. The summed E-state index contributed by atoms with van der Waals surface area (Å²) in [6.45, 7) is 3.88. The van der Waals surface area contributed by atoms with E-state index >= 15 is 0 Å². The molecular weight excluding hydrogens is 226 g/mol. The van der Waals surface area contributed by atoms with Crippen LogP contribution in [0.25, 0.3) is 0 Å². The van der Waals surface area contributed by atoms with E-state index in [0.29, 0.717) is 5.92 Å². The predicted molar refractivity (Wildman–Crippen MR) is 71.0 cm³/mol. The molecule has 0 heterocycles. The Hall–Kier alpha value is -1.79. The van der Waals surface area contributed by atoms with E-state index in [1.807, 2.05) is 25.1 Å². The Morgan fingerprint density at radius 3 is 2.89 bits per heavy atom. The molecule has 2 unspecified atom stereocenters. The van der Waals surface area contributed by atoms with Crippen LogP contribution in [0.4, 0.5) is 5.69 Å². The molecule has 0 aliphatic heterocycles. The summed E-state index contributed by atoms with van der Waals surface area (Å²) in [4.78, 5) is 11.9. The second-order valence-electron chi connectivity index (χ2n) is 4.80. The van der Waals surface area contributed by atoms with Crippen LogP contribution in [0.15, 0.2) is 18.2 Å². The van der Waals surface area contributed by atoms with E-state index < -0.39 is 0 Å². The van der Waals surface area contributed by atoms with Crippen LogP contribution in [0, 0.1) is 30.6 Å². The lowest BCUT2D eigenvalue weighted by atomic mass is 10.1. The number of hydrogen-bond acceptors (Lipinski definition) is 2. The van der Waals surface area contributed by atoms with Gasteiger partial charge in [0.05, 0.1) is 0 Å². The molecule has 3 nitrogen and oxygen atoms in total. The van der Waals surface area contributed by atoms with Crippen molar-refractivity contribution in [2.24, 2.45) is 11.8 Å². The molecule has 1 aliphatic carbocycles. The molecule has 1 saturated carbocycles. The van der Waals surface area contributed by atoms with Crippen LogP contribution in [0.3, 0.4) is 0 Å².